The van der Waals surface area contributed by atoms with Crippen molar-refractivity contribution in [2.75, 3.05) is 20.0 Å². The molecule has 0 bridgehead atoms. The van der Waals surface area contributed by atoms with E-state index >= 15 is 8.78 Å². The Bertz CT molecular complexity index is 4520. The lowest BCUT2D eigenvalue weighted by atomic mass is 9.31. The zero-order valence-corrected chi connectivity index (χ0v) is 47.5. The van der Waals surface area contributed by atoms with Crippen molar-refractivity contribution in [1.29, 1.82) is 0 Å². The monoisotopic (exact) mass is 1080 g/mol. The summed E-state index contributed by atoms with van der Waals surface area (Å²) in [7, 11) is 0.802. The Labute approximate surface area is 481 Å². The van der Waals surface area contributed by atoms with Gasteiger partial charge in [0.1, 0.15) is 11.6 Å². The number of aryl methyl sites for hydroxylation is 6. The van der Waals surface area contributed by atoms with Crippen LogP contribution in [0, 0.1) is 53.2 Å². The summed E-state index contributed by atoms with van der Waals surface area (Å²) in [6, 6.07) is 69.7. The number of anilines is 11. The summed E-state index contributed by atoms with van der Waals surface area (Å²) in [5, 5.41) is 6.46. The summed E-state index contributed by atoms with van der Waals surface area (Å²) >= 11 is 3.69. The van der Waals surface area contributed by atoms with Crippen LogP contribution in [0.4, 0.5) is 71.3 Å². The third-order valence-corrected chi connectivity index (χ3v) is 19.7. The minimum absolute atomic E-state index is 0.218. The molecule has 0 atom stereocenters. The van der Waals surface area contributed by atoms with Crippen molar-refractivity contribution in [3.05, 3.63) is 245 Å². The first kappa shape index (κ1) is 49.4. The molecule has 0 fully saturated rings. The molecule has 0 amide bonds. The molecule has 0 saturated heterocycles. The van der Waals surface area contributed by atoms with Crippen molar-refractivity contribution in [1.82, 2.24) is 0 Å². The maximum absolute atomic E-state index is 17.4. The number of benzene rings is 10. The minimum Gasteiger partial charge on any atom is -0.356 e. The molecule has 2 aromatic heterocycles. The van der Waals surface area contributed by atoms with Gasteiger partial charge in [-0.25, -0.2) is 8.78 Å². The van der Waals surface area contributed by atoms with E-state index in [1.54, 1.807) is 29.5 Å². The van der Waals surface area contributed by atoms with Crippen LogP contribution < -0.4 is 62.3 Å². The van der Waals surface area contributed by atoms with E-state index < -0.39 is 0 Å². The smallest absolute Gasteiger partial charge is 0.259 e. The Morgan fingerprint density at radius 3 is 1.83 bits per heavy atom. The number of rotatable bonds is 8. The second kappa shape index (κ2) is 19.0. The number of thiophene rings is 2. The zero-order valence-electron chi connectivity index (χ0n) is 45.8. The molecule has 0 spiro atoms. The molecule has 0 radical (unpaired) electrons. The number of para-hydroxylation sites is 4. The molecule has 0 aliphatic carbocycles. The molecular weight excluding hydrogens is 1030 g/mol. The van der Waals surface area contributed by atoms with E-state index in [0.29, 0.717) is 11.4 Å². The highest BCUT2D eigenvalue weighted by molar-refractivity contribution is 7.33. The summed E-state index contributed by atoms with van der Waals surface area (Å²) in [5.74, 6) is -0.565. The third kappa shape index (κ3) is 7.76. The average molecular weight is 1080 g/mol. The molecule has 12 aromatic rings. The van der Waals surface area contributed by atoms with E-state index in [9.17, 15) is 0 Å². The number of hydrogen-bond donors (Lipinski definition) is 1. The fraction of sp³-hybridized carbons (Fsp3) is 0.0857. The molecule has 4 nitrogen and oxygen atoms in total. The first-order chi connectivity index (χ1) is 39.5. The molecule has 11 heteroatoms. The van der Waals surface area contributed by atoms with Crippen LogP contribution in [0.2, 0.25) is 0 Å². The van der Waals surface area contributed by atoms with Gasteiger partial charge in [-0.1, -0.05) is 143 Å². The molecular formula is C70H53B3F2N4S2. The van der Waals surface area contributed by atoms with E-state index in [-0.39, 0.29) is 25.1 Å². The maximum atomic E-state index is 17.4. The van der Waals surface area contributed by atoms with Gasteiger partial charge in [-0.2, -0.15) is 0 Å². The number of nitrogens with zero attached hydrogens (tertiary/aromatic N) is 3. The van der Waals surface area contributed by atoms with E-state index in [0.717, 1.165) is 112 Å². The fourth-order valence-corrected chi connectivity index (χ4v) is 16.2. The topological polar surface area (TPSA) is 21.8 Å². The zero-order chi connectivity index (χ0) is 54.9. The predicted octanol–water partition coefficient (Wildman–Crippen LogP) is 13.8. The van der Waals surface area contributed by atoms with Crippen molar-refractivity contribution in [2.24, 2.45) is 0 Å². The van der Waals surface area contributed by atoms with Gasteiger partial charge in [-0.05, 0) is 175 Å². The molecule has 0 saturated carbocycles. The van der Waals surface area contributed by atoms with Crippen LogP contribution in [0.25, 0.3) is 20.2 Å². The van der Waals surface area contributed by atoms with E-state index in [2.05, 4.69) is 212 Å². The lowest BCUT2D eigenvalue weighted by molar-refractivity contribution is 0.627. The highest BCUT2D eigenvalue weighted by Gasteiger charge is 2.46. The summed E-state index contributed by atoms with van der Waals surface area (Å²) in [5.41, 5.74) is 23.6. The Kier molecular flexibility index (Phi) is 11.6. The lowest BCUT2D eigenvalue weighted by Gasteiger charge is -2.43. The van der Waals surface area contributed by atoms with Crippen molar-refractivity contribution in [3.8, 4) is 0 Å². The van der Waals surface area contributed by atoms with Crippen LogP contribution in [0.5, 0.6) is 0 Å². The van der Waals surface area contributed by atoms with Gasteiger partial charge in [-0.15, -0.1) is 22.7 Å². The number of nitrogens with one attached hydrogen (secondary N) is 1. The lowest BCUT2D eigenvalue weighted by Crippen LogP contribution is -2.63. The highest BCUT2D eigenvalue weighted by Crippen LogP contribution is 2.48. The van der Waals surface area contributed by atoms with Gasteiger partial charge >= 0.3 is 0 Å². The molecule has 15 rings (SSSR count). The standard InChI is InChI=1S/C70H53B3F2N4S2/c1-40-32-44(5)65-61(33-40)78(59-29-16-15-27-55(59)74)68-50-26-14-18-31-64(50)81-70(68)73(65)52-39-54-60(35-43(52)4)79(67-41(2)20-19-28-56(67)75)62-37-48(77(46-21-9-7-10-22-46)47-23-11-8-12-24-47)36-58-66(62)72(54)53-38-51(42(3)34-57(53)76-58)71-69-45(6)49-25-13-17-30-63(49)80-69/h7-39,71,76H,1-6H3. The number of halogens is 2. The Morgan fingerprint density at radius 1 is 0.444 bits per heavy atom. The van der Waals surface area contributed by atoms with Crippen LogP contribution in [-0.2, 0) is 0 Å². The second-order valence-corrected chi connectivity index (χ2v) is 24.5. The van der Waals surface area contributed by atoms with Crippen LogP contribution in [0.3, 0.4) is 0 Å². The van der Waals surface area contributed by atoms with Crippen molar-refractivity contribution < 1.29 is 8.78 Å². The molecule has 1 N–H and O–H groups in total. The van der Waals surface area contributed by atoms with Crippen LogP contribution in [0.1, 0.15) is 33.4 Å². The fourth-order valence-electron chi connectivity index (χ4n) is 13.6. The predicted molar refractivity (Wildman–Crippen MR) is 348 cm³/mol. The van der Waals surface area contributed by atoms with Crippen molar-refractivity contribution in [3.63, 3.8) is 0 Å². The summed E-state index contributed by atoms with van der Waals surface area (Å²) in [6.45, 7) is 12.6. The quantitative estimate of drug-likeness (QED) is 0.153. The van der Waals surface area contributed by atoms with Gasteiger partial charge in [0.15, 0.2) is 0 Å². The molecule has 388 valence electrons. The molecule has 81 heavy (non-hydrogen) atoms. The first-order valence-corrected chi connectivity index (χ1v) is 29.4. The Morgan fingerprint density at radius 2 is 1.10 bits per heavy atom. The SMILES string of the molecule is Cc1cc(C)c2c(c1)N(c1ccccc1F)c1c(sc3ccccc13)B2c1cc2c(cc1C)N(c1c(C)cccc1F)c1cc(N(c3ccccc3)c3ccccc3)cc3c1B2c1cc(Bc2sc4ccccc4c2C)c(C)cc1N3. The van der Waals surface area contributed by atoms with E-state index in [1.165, 1.54) is 42.4 Å². The molecule has 0 unspecified atom stereocenters. The number of fused-ring (bicyclic) bond motifs is 9. The number of hydrogen-bond acceptors (Lipinski definition) is 6. The molecule has 3 aliphatic rings. The van der Waals surface area contributed by atoms with Crippen molar-refractivity contribution in [2.45, 2.75) is 41.5 Å². The normalized spacial score (nSPS) is 12.9. The van der Waals surface area contributed by atoms with Gasteiger partial charge in [0.05, 0.1) is 22.7 Å². The average Bonchev–Trinajstić information content (AvgIpc) is 4.24. The minimum atomic E-state index is -0.292. The van der Waals surface area contributed by atoms with Gasteiger partial charge in [0.2, 0.25) is 7.28 Å². The largest absolute Gasteiger partial charge is 0.356 e. The highest BCUT2D eigenvalue weighted by atomic mass is 32.1. The summed E-state index contributed by atoms with van der Waals surface area (Å²) in [4.78, 5) is 6.71. The van der Waals surface area contributed by atoms with Gasteiger partial charge < -0.3 is 20.0 Å². The first-order valence-electron chi connectivity index (χ1n) is 27.8. The van der Waals surface area contributed by atoms with Crippen molar-refractivity contribution >= 4 is 168 Å². The summed E-state index contributed by atoms with van der Waals surface area (Å²) in [6.07, 6.45) is 0. The van der Waals surface area contributed by atoms with Crippen LogP contribution >= 0.6 is 22.7 Å². The maximum Gasteiger partial charge on any atom is 0.259 e. The van der Waals surface area contributed by atoms with E-state index in [1.807, 2.05) is 42.5 Å². The Hall–Kier alpha value is -8.63. The summed E-state index contributed by atoms with van der Waals surface area (Å²) < 4.78 is 39.0. The van der Waals surface area contributed by atoms with Crippen LogP contribution in [0.15, 0.2) is 200 Å². The molecule has 3 aliphatic heterocycles. The van der Waals surface area contributed by atoms with Gasteiger partial charge in [-0.3, -0.25) is 0 Å². The third-order valence-electron chi connectivity index (χ3n) is 17.2. The van der Waals surface area contributed by atoms with E-state index in [4.69, 9.17) is 0 Å². The molecule has 5 heterocycles. The van der Waals surface area contributed by atoms with Gasteiger partial charge in [0.25, 0.3) is 13.4 Å². The molecule has 10 aromatic carbocycles. The van der Waals surface area contributed by atoms with Crippen LogP contribution in [-0.4, -0.2) is 20.7 Å². The van der Waals surface area contributed by atoms with Gasteiger partial charge in [0, 0.05) is 59.4 Å². The Balaban J connectivity index is 1.03. The second-order valence-electron chi connectivity index (χ2n) is 22.2.